The number of fused-ring (bicyclic) bond motifs is 2. The standard InChI is InChI=1S/C18H18N8O7S3.C18H20N8O5S3.2Na/c1-25-18(22-12(28)13(29)23-25)36-4-6-3-34-15-9(14(30)26(15)10(6)16(31)32)21-11(27)8(24-33-2)7-5-35-17(19)20-7;1-7-8(5-34-18-22-13(28)14(29)23-25(18)2)4-32-16-11(15(30)26(7)16)21-12(27)10(24-31-3)9-6-33-17(19)20-9;;/h5,9,15H,3-4H2,1-2H3,(H2,19,20)(H,21,27)(H,23,29)(H,31,32);6,11,16H,4-5H2,1-3H3,(H2,19,20)(H,21,27)(H,23,29);;/q;;2*+1/p-2/b24-8-;24-10-;;/t9-,15-;11-,16-;;/m11../s1. The zero-order valence-electron chi connectivity index (χ0n) is 38.7. The number of nitrogens with zero attached hydrogens (tertiary/aromatic N) is 11. The van der Waals surface area contributed by atoms with Gasteiger partial charge in [0, 0.05) is 53.6 Å². The van der Waals surface area contributed by atoms with Crippen LogP contribution in [0.2, 0.25) is 0 Å². The van der Waals surface area contributed by atoms with E-state index < -0.39 is 63.7 Å². The van der Waals surface area contributed by atoms with Gasteiger partial charge in [0.05, 0.1) is 17.5 Å². The molecule has 0 bridgehead atoms. The Morgan fingerprint density at radius 1 is 0.792 bits per heavy atom. The SMILES string of the molecule is CO/N=C(\C(=O)N[C@@H]1C(=O)N2C(C(=O)[O-])=C(CSc3nc(=O)c([O-])nn3C)CS[C@H]12)c1csc(N)n1.CO/N=C(\C(=O)N[C@@H]1C(=O)N2C(C)=C(CSc3nc(=O)c(=O)[nH]n3C)CS[C@H]12)c1csc(N)n1.[Na+].[Na+]. The monoisotopic (exact) mass is 1120 g/mol. The zero-order valence-corrected chi connectivity index (χ0v) is 47.6. The molecule has 4 aromatic heterocycles. The molecule has 4 aromatic rings. The van der Waals surface area contributed by atoms with E-state index in [1.54, 1.807) is 17.3 Å². The van der Waals surface area contributed by atoms with Gasteiger partial charge in [0.1, 0.15) is 48.4 Å². The molecular weight excluding hydrogens is 1090 g/mol. The van der Waals surface area contributed by atoms with Crippen molar-refractivity contribution < 1.29 is 103 Å². The van der Waals surface area contributed by atoms with Crippen LogP contribution >= 0.6 is 69.7 Å². The molecule has 4 atom stereocenters. The van der Waals surface area contributed by atoms with Crippen LogP contribution in [0.1, 0.15) is 18.3 Å². The summed E-state index contributed by atoms with van der Waals surface area (Å²) in [6, 6.07) is -1.75. The molecule has 36 heteroatoms. The van der Waals surface area contributed by atoms with Crippen molar-refractivity contribution in [3.05, 3.63) is 75.7 Å². The van der Waals surface area contributed by atoms with Crippen molar-refractivity contribution in [2.45, 2.75) is 40.1 Å². The number of nitrogen functional groups attached to an aromatic ring is 2. The third kappa shape index (κ3) is 12.4. The number of amides is 4. The van der Waals surface area contributed by atoms with Gasteiger partial charge in [-0.1, -0.05) is 33.8 Å². The maximum atomic E-state index is 12.9. The Morgan fingerprint density at radius 2 is 1.28 bits per heavy atom. The number of thiazole rings is 2. The number of carbonyl (C=O) groups is 5. The summed E-state index contributed by atoms with van der Waals surface area (Å²) >= 11 is 7.27. The maximum absolute atomic E-state index is 12.9. The number of carbonyl (C=O) groups excluding carboxylic acids is 5. The topological polar surface area (TPSA) is 399 Å². The van der Waals surface area contributed by atoms with E-state index in [2.05, 4.69) is 51.1 Å². The summed E-state index contributed by atoms with van der Waals surface area (Å²) < 4.78 is 2.50. The summed E-state index contributed by atoms with van der Waals surface area (Å²) in [6.45, 7) is 1.84. The number of aromatic amines is 1. The van der Waals surface area contributed by atoms with Gasteiger partial charge in [0.15, 0.2) is 32.0 Å². The predicted octanol–water partition coefficient (Wildman–Crippen LogP) is -9.83. The molecule has 0 aromatic carbocycles. The number of rotatable bonds is 15. The molecule has 7 N–H and O–H groups in total. The van der Waals surface area contributed by atoms with E-state index in [9.17, 15) is 48.6 Å². The molecule has 28 nitrogen and oxygen atoms in total. The van der Waals surface area contributed by atoms with Gasteiger partial charge in [-0.25, -0.2) is 14.6 Å². The number of thioether (sulfide) groups is 4. The van der Waals surface area contributed by atoms with Gasteiger partial charge in [0.2, 0.25) is 0 Å². The van der Waals surface area contributed by atoms with Crippen molar-refractivity contribution in [3.8, 4) is 5.88 Å². The molecule has 72 heavy (non-hydrogen) atoms. The Hall–Kier alpha value is -4.75. The van der Waals surface area contributed by atoms with Crippen molar-refractivity contribution in [2.24, 2.45) is 24.4 Å². The molecule has 0 unspecified atom stereocenters. The van der Waals surface area contributed by atoms with Crippen LogP contribution in [0.3, 0.4) is 0 Å². The number of oxime groups is 2. The minimum absolute atomic E-state index is 0. The Morgan fingerprint density at radius 3 is 1.79 bits per heavy atom. The number of anilines is 2. The summed E-state index contributed by atoms with van der Waals surface area (Å²) in [6.07, 6.45) is 0. The summed E-state index contributed by atoms with van der Waals surface area (Å²) in [7, 11) is 5.56. The first kappa shape index (κ1) is 58.1. The fourth-order valence-electron chi connectivity index (χ4n) is 6.76. The number of nitrogens with one attached hydrogen (secondary N) is 3. The predicted molar refractivity (Wildman–Crippen MR) is 253 cm³/mol. The smallest absolute Gasteiger partial charge is 0.854 e. The number of aromatic nitrogens is 8. The van der Waals surface area contributed by atoms with Gasteiger partial charge in [-0.2, -0.15) is 15.1 Å². The second kappa shape index (κ2) is 25.0. The third-order valence-electron chi connectivity index (χ3n) is 10.1. The van der Waals surface area contributed by atoms with Crippen LogP contribution in [-0.2, 0) is 47.7 Å². The second-order valence-electron chi connectivity index (χ2n) is 14.4. The number of β-lactam (4-membered cyclic amide) rings is 2. The van der Waals surface area contributed by atoms with Gasteiger partial charge >= 0.3 is 70.2 Å². The Bertz CT molecular complexity index is 3120. The van der Waals surface area contributed by atoms with E-state index in [1.165, 1.54) is 66.6 Å². The number of allylic oxidation sites excluding steroid dienone is 1. The fraction of sp³-hybridized carbons (Fsp3) is 0.361. The van der Waals surface area contributed by atoms with Crippen molar-refractivity contribution in [3.63, 3.8) is 0 Å². The molecular formula is C36H36N16Na2O12S6. The summed E-state index contributed by atoms with van der Waals surface area (Å²) in [5, 5.41) is 44.9. The molecule has 8 heterocycles. The normalized spacial score (nSPS) is 19.3. The van der Waals surface area contributed by atoms with Gasteiger partial charge in [-0.05, 0) is 18.1 Å². The van der Waals surface area contributed by atoms with E-state index in [4.69, 9.17) is 21.1 Å². The summed E-state index contributed by atoms with van der Waals surface area (Å²) in [4.78, 5) is 125. The number of hydrogen-bond donors (Lipinski definition) is 5. The quantitative estimate of drug-likeness (QED) is 0.0184. The Labute approximate surface area is 474 Å². The van der Waals surface area contributed by atoms with Gasteiger partial charge in [-0.15, -0.1) is 46.2 Å². The van der Waals surface area contributed by atoms with Crippen LogP contribution in [-0.4, -0.2) is 150 Å². The molecule has 2 fully saturated rings. The minimum Gasteiger partial charge on any atom is -0.854 e. The van der Waals surface area contributed by atoms with Crippen LogP contribution < -0.4 is 108 Å². The second-order valence-corrected chi connectivity index (χ2v) is 20.3. The van der Waals surface area contributed by atoms with Gasteiger partial charge in [0.25, 0.3) is 29.2 Å². The van der Waals surface area contributed by atoms with Crippen LogP contribution in [0.25, 0.3) is 0 Å². The molecule has 8 rings (SSSR count). The van der Waals surface area contributed by atoms with Crippen LogP contribution in [0, 0.1) is 0 Å². The van der Waals surface area contributed by atoms with Crippen molar-refractivity contribution in [1.82, 2.24) is 59.9 Å². The van der Waals surface area contributed by atoms with E-state index in [-0.39, 0.29) is 126 Å². The summed E-state index contributed by atoms with van der Waals surface area (Å²) in [5.41, 5.74) is 10.6. The van der Waals surface area contributed by atoms with Crippen molar-refractivity contribution in [2.75, 3.05) is 48.7 Å². The molecule has 4 aliphatic heterocycles. The van der Waals surface area contributed by atoms with Crippen molar-refractivity contribution in [1.29, 1.82) is 0 Å². The number of carboxylic acids is 1. The van der Waals surface area contributed by atoms with Crippen molar-refractivity contribution >= 4 is 121 Å². The van der Waals surface area contributed by atoms with Crippen LogP contribution in [0.15, 0.2) is 68.3 Å². The Balaban J connectivity index is 0.000000261. The molecule has 4 aliphatic rings. The number of H-pyrrole nitrogens is 1. The number of aryl methyl sites for hydroxylation is 2. The number of nitrogens with two attached hydrogens (primary N) is 2. The first-order valence-electron chi connectivity index (χ1n) is 19.7. The molecule has 4 amide bonds. The van der Waals surface area contributed by atoms with Gasteiger partial charge < -0.3 is 46.8 Å². The largest absolute Gasteiger partial charge is 1.00 e. The van der Waals surface area contributed by atoms with E-state index >= 15 is 0 Å². The number of carboxylic acid groups (broad SMARTS) is 1. The molecule has 0 radical (unpaired) electrons. The first-order chi connectivity index (χ1) is 33.3. The van der Waals surface area contributed by atoms with E-state index in [0.717, 1.165) is 55.3 Å². The average Bonchev–Trinajstić information content (AvgIpc) is 3.96. The number of aliphatic carboxylic acids is 1. The fourth-order valence-corrected chi connectivity index (χ4v) is 12.9. The third-order valence-corrected chi connectivity index (χ3v) is 16.3. The molecule has 2 saturated heterocycles. The Kier molecular flexibility index (Phi) is 20.2. The molecule has 370 valence electrons. The first-order valence-corrected chi connectivity index (χ1v) is 25.5. The summed E-state index contributed by atoms with van der Waals surface area (Å²) in [5.74, 6) is -3.46. The van der Waals surface area contributed by atoms with Crippen LogP contribution in [0.5, 0.6) is 5.88 Å². The maximum Gasteiger partial charge on any atom is 1.00 e. The molecule has 0 spiro atoms. The average molecular weight is 1120 g/mol. The van der Waals surface area contributed by atoms with Gasteiger partial charge in [-0.3, -0.25) is 53.1 Å². The van der Waals surface area contributed by atoms with Crippen LogP contribution in [0.4, 0.5) is 10.3 Å². The molecule has 0 saturated carbocycles. The van der Waals surface area contributed by atoms with E-state index in [1.807, 2.05) is 6.92 Å². The number of hydrogen-bond acceptors (Lipinski definition) is 27. The minimum atomic E-state index is -1.57. The molecule has 0 aliphatic carbocycles. The zero-order chi connectivity index (χ0) is 50.7. The van der Waals surface area contributed by atoms with E-state index in [0.29, 0.717) is 22.2 Å².